The van der Waals surface area contributed by atoms with Gasteiger partial charge in [-0.2, -0.15) is 0 Å². The molecule has 0 amide bonds. The average molecular weight is 308 g/mol. The Kier molecular flexibility index (Phi) is 4.55. The number of nitrogens with one attached hydrogen (secondary N) is 1. The van der Waals surface area contributed by atoms with Crippen molar-refractivity contribution in [2.45, 2.75) is 6.54 Å². The Balaban J connectivity index is 2.15. The van der Waals surface area contributed by atoms with Crippen molar-refractivity contribution in [3.05, 3.63) is 52.5 Å². The number of rotatable bonds is 5. The van der Waals surface area contributed by atoms with E-state index in [4.69, 9.17) is 21.4 Å². The van der Waals surface area contributed by atoms with Crippen LogP contribution in [-0.2, 0) is 6.54 Å². The Labute approximate surface area is 126 Å². The molecule has 0 spiro atoms. The molecular formula is C15H14ClNO4. The van der Waals surface area contributed by atoms with Crippen LogP contribution >= 0.6 is 11.6 Å². The number of benzene rings is 2. The summed E-state index contributed by atoms with van der Waals surface area (Å²) in [6, 6.07) is 9.78. The summed E-state index contributed by atoms with van der Waals surface area (Å²) in [6.07, 6.45) is 0. The van der Waals surface area contributed by atoms with Crippen LogP contribution < -0.4 is 10.1 Å². The number of carboxylic acid groups (broad SMARTS) is 1. The van der Waals surface area contributed by atoms with Gasteiger partial charge < -0.3 is 20.3 Å². The Hall–Kier alpha value is -2.40. The third kappa shape index (κ3) is 3.58. The van der Waals surface area contributed by atoms with Crippen molar-refractivity contribution in [1.29, 1.82) is 0 Å². The molecule has 0 aliphatic rings. The summed E-state index contributed by atoms with van der Waals surface area (Å²) in [5.74, 6) is -0.789. The van der Waals surface area contributed by atoms with Gasteiger partial charge >= 0.3 is 5.97 Å². The number of halogens is 1. The summed E-state index contributed by atoms with van der Waals surface area (Å²) in [7, 11) is 1.44. The number of phenolic OH excluding ortho intramolecular Hbond substituents is 1. The number of hydrogen-bond donors (Lipinski definition) is 3. The summed E-state index contributed by atoms with van der Waals surface area (Å²) < 4.78 is 5.03. The first-order valence-corrected chi connectivity index (χ1v) is 6.51. The summed E-state index contributed by atoms with van der Waals surface area (Å²) >= 11 is 5.91. The van der Waals surface area contributed by atoms with Gasteiger partial charge in [-0.15, -0.1) is 0 Å². The Morgan fingerprint density at radius 2 is 2.10 bits per heavy atom. The van der Waals surface area contributed by atoms with Gasteiger partial charge in [0.15, 0.2) is 11.5 Å². The molecule has 0 heterocycles. The highest BCUT2D eigenvalue weighted by molar-refractivity contribution is 6.32. The zero-order chi connectivity index (χ0) is 15.4. The SMILES string of the molecule is COc1cc(CNc2cccc(C(=O)O)c2)cc(Cl)c1O. The van der Waals surface area contributed by atoms with Crippen molar-refractivity contribution in [3.63, 3.8) is 0 Å². The fourth-order valence-electron chi connectivity index (χ4n) is 1.85. The van der Waals surface area contributed by atoms with E-state index in [1.54, 1.807) is 30.3 Å². The van der Waals surface area contributed by atoms with Crippen molar-refractivity contribution in [1.82, 2.24) is 0 Å². The molecule has 2 rings (SSSR count). The highest BCUT2D eigenvalue weighted by atomic mass is 35.5. The fourth-order valence-corrected chi connectivity index (χ4v) is 2.08. The molecular weight excluding hydrogens is 294 g/mol. The predicted octanol–water partition coefficient (Wildman–Crippen LogP) is 3.36. The fraction of sp³-hybridized carbons (Fsp3) is 0.133. The first-order valence-electron chi connectivity index (χ1n) is 6.14. The smallest absolute Gasteiger partial charge is 0.335 e. The van der Waals surface area contributed by atoms with E-state index >= 15 is 0 Å². The summed E-state index contributed by atoms with van der Waals surface area (Å²) in [5.41, 5.74) is 1.69. The highest BCUT2D eigenvalue weighted by Crippen LogP contribution is 2.35. The number of aromatic hydroxyl groups is 1. The number of aromatic carboxylic acids is 1. The van der Waals surface area contributed by atoms with Gasteiger partial charge in [-0.3, -0.25) is 0 Å². The number of methoxy groups -OCH3 is 1. The molecule has 0 aliphatic heterocycles. The molecule has 0 radical (unpaired) electrons. The van der Waals surface area contributed by atoms with E-state index in [-0.39, 0.29) is 16.3 Å². The topological polar surface area (TPSA) is 78.8 Å². The van der Waals surface area contributed by atoms with Crippen LogP contribution in [0.3, 0.4) is 0 Å². The van der Waals surface area contributed by atoms with Crippen molar-refractivity contribution < 1.29 is 19.7 Å². The Bertz CT molecular complexity index is 673. The third-order valence-electron chi connectivity index (χ3n) is 2.91. The second kappa shape index (κ2) is 6.37. The maximum absolute atomic E-state index is 10.9. The first kappa shape index (κ1) is 15.0. The largest absolute Gasteiger partial charge is 0.503 e. The monoisotopic (exact) mass is 307 g/mol. The molecule has 0 saturated carbocycles. The lowest BCUT2D eigenvalue weighted by molar-refractivity contribution is 0.0697. The number of anilines is 1. The molecule has 0 bridgehead atoms. The van der Waals surface area contributed by atoms with Gasteiger partial charge in [-0.25, -0.2) is 4.79 Å². The van der Waals surface area contributed by atoms with Gasteiger partial charge in [-0.1, -0.05) is 17.7 Å². The standard InChI is InChI=1S/C15H14ClNO4/c1-21-13-6-9(5-12(16)14(13)18)8-17-11-4-2-3-10(7-11)15(19)20/h2-7,17-18H,8H2,1H3,(H,19,20). The second-order valence-corrected chi connectivity index (χ2v) is 4.78. The van der Waals surface area contributed by atoms with Crippen molar-refractivity contribution in [2.75, 3.05) is 12.4 Å². The third-order valence-corrected chi connectivity index (χ3v) is 3.20. The van der Waals surface area contributed by atoms with Crippen LogP contribution in [0.1, 0.15) is 15.9 Å². The van der Waals surface area contributed by atoms with Crippen LogP contribution in [0.5, 0.6) is 11.5 Å². The molecule has 0 atom stereocenters. The van der Waals surface area contributed by atoms with Gasteiger partial charge in [-0.05, 0) is 35.9 Å². The minimum atomic E-state index is -0.979. The van der Waals surface area contributed by atoms with E-state index in [0.717, 1.165) is 5.56 Å². The number of carboxylic acids is 1. The van der Waals surface area contributed by atoms with Gasteiger partial charge in [0.1, 0.15) is 0 Å². The molecule has 2 aromatic rings. The number of phenols is 1. The number of carbonyl (C=O) groups is 1. The maximum Gasteiger partial charge on any atom is 0.335 e. The molecule has 0 fully saturated rings. The zero-order valence-corrected chi connectivity index (χ0v) is 12.0. The van der Waals surface area contributed by atoms with Gasteiger partial charge in [0.2, 0.25) is 0 Å². The average Bonchev–Trinajstić information content (AvgIpc) is 2.48. The summed E-state index contributed by atoms with van der Waals surface area (Å²) in [5, 5.41) is 21.9. The lowest BCUT2D eigenvalue weighted by Crippen LogP contribution is -2.02. The molecule has 0 aromatic heterocycles. The van der Waals surface area contributed by atoms with Crippen LogP contribution in [0.15, 0.2) is 36.4 Å². The maximum atomic E-state index is 10.9. The van der Waals surface area contributed by atoms with E-state index in [1.165, 1.54) is 13.2 Å². The van der Waals surface area contributed by atoms with E-state index in [1.807, 2.05) is 0 Å². The normalized spacial score (nSPS) is 10.2. The van der Waals surface area contributed by atoms with E-state index in [2.05, 4.69) is 5.32 Å². The quantitative estimate of drug-likeness (QED) is 0.789. The van der Waals surface area contributed by atoms with Crippen LogP contribution in [0.4, 0.5) is 5.69 Å². The molecule has 2 aromatic carbocycles. The first-order chi connectivity index (χ1) is 10.0. The van der Waals surface area contributed by atoms with Gasteiger partial charge in [0.25, 0.3) is 0 Å². The van der Waals surface area contributed by atoms with Gasteiger partial charge in [0, 0.05) is 12.2 Å². The van der Waals surface area contributed by atoms with E-state index < -0.39 is 5.97 Å². The molecule has 0 saturated heterocycles. The van der Waals surface area contributed by atoms with E-state index in [9.17, 15) is 9.90 Å². The molecule has 0 aliphatic carbocycles. The highest BCUT2D eigenvalue weighted by Gasteiger charge is 2.09. The molecule has 3 N–H and O–H groups in total. The van der Waals surface area contributed by atoms with Crippen LogP contribution in [0.25, 0.3) is 0 Å². The number of hydrogen-bond acceptors (Lipinski definition) is 4. The molecule has 0 unspecified atom stereocenters. The van der Waals surface area contributed by atoms with E-state index in [0.29, 0.717) is 18.0 Å². The lowest BCUT2D eigenvalue weighted by atomic mass is 10.1. The van der Waals surface area contributed by atoms with Crippen LogP contribution in [0.2, 0.25) is 5.02 Å². The molecule has 21 heavy (non-hydrogen) atoms. The summed E-state index contributed by atoms with van der Waals surface area (Å²) in [6.45, 7) is 0.416. The summed E-state index contributed by atoms with van der Waals surface area (Å²) in [4.78, 5) is 10.9. The van der Waals surface area contributed by atoms with Crippen LogP contribution in [0, 0.1) is 0 Å². The number of ether oxygens (including phenoxy) is 1. The lowest BCUT2D eigenvalue weighted by Gasteiger charge is -2.11. The Morgan fingerprint density at radius 1 is 1.33 bits per heavy atom. The van der Waals surface area contributed by atoms with Crippen LogP contribution in [-0.4, -0.2) is 23.3 Å². The molecule has 110 valence electrons. The zero-order valence-electron chi connectivity index (χ0n) is 11.3. The second-order valence-electron chi connectivity index (χ2n) is 4.37. The Morgan fingerprint density at radius 3 is 2.76 bits per heavy atom. The van der Waals surface area contributed by atoms with Gasteiger partial charge in [0.05, 0.1) is 17.7 Å². The van der Waals surface area contributed by atoms with Crippen molar-refractivity contribution >= 4 is 23.3 Å². The predicted molar refractivity (Wildman–Crippen MR) is 80.4 cm³/mol. The van der Waals surface area contributed by atoms with Crippen molar-refractivity contribution in [3.8, 4) is 11.5 Å². The minimum absolute atomic E-state index is 0.101. The molecule has 5 nitrogen and oxygen atoms in total. The molecule has 6 heteroatoms. The van der Waals surface area contributed by atoms with Crippen molar-refractivity contribution in [2.24, 2.45) is 0 Å². The minimum Gasteiger partial charge on any atom is -0.503 e.